The van der Waals surface area contributed by atoms with E-state index >= 15 is 0 Å². The average Bonchev–Trinajstić information content (AvgIpc) is 2.49. The molecule has 0 aliphatic carbocycles. The molecule has 2 rings (SSSR count). The lowest BCUT2D eigenvalue weighted by atomic mass is 10.2. The van der Waals surface area contributed by atoms with Crippen LogP contribution in [-0.4, -0.2) is 12.5 Å². The van der Waals surface area contributed by atoms with E-state index in [1.165, 1.54) is 12.1 Å². The third kappa shape index (κ3) is 4.29. The molecule has 110 valence electrons. The topological polar surface area (TPSA) is 64.3 Å². The third-order valence-electron chi connectivity index (χ3n) is 2.98. The van der Waals surface area contributed by atoms with E-state index in [0.717, 1.165) is 11.1 Å². The number of hydrogen-bond acceptors (Lipinski definition) is 3. The number of amides is 1. The molecule has 0 bridgehead atoms. The van der Waals surface area contributed by atoms with Crippen LogP contribution in [0.4, 0.5) is 10.1 Å². The smallest absolute Gasteiger partial charge is 0.262 e. The predicted octanol–water partition coefficient (Wildman–Crippen LogP) is 2.61. The highest BCUT2D eigenvalue weighted by Crippen LogP contribution is 2.18. The van der Waals surface area contributed by atoms with Crippen molar-refractivity contribution < 1.29 is 13.9 Å². The van der Waals surface area contributed by atoms with Crippen LogP contribution in [0.1, 0.15) is 11.1 Å². The molecule has 0 aromatic heterocycles. The highest BCUT2D eigenvalue weighted by Gasteiger charge is 2.06. The summed E-state index contributed by atoms with van der Waals surface area (Å²) in [5.74, 6) is -0.337. The molecule has 3 N–H and O–H groups in total. The third-order valence-corrected chi connectivity index (χ3v) is 2.98. The van der Waals surface area contributed by atoms with Gasteiger partial charge in [0.1, 0.15) is 11.6 Å². The minimum Gasteiger partial charge on any atom is -0.483 e. The molecule has 0 saturated carbocycles. The van der Waals surface area contributed by atoms with E-state index in [4.69, 9.17) is 10.5 Å². The molecule has 2 aromatic rings. The fourth-order valence-corrected chi connectivity index (χ4v) is 1.79. The van der Waals surface area contributed by atoms with Crippen molar-refractivity contribution in [2.45, 2.75) is 13.5 Å². The number of carbonyl (C=O) groups is 1. The summed E-state index contributed by atoms with van der Waals surface area (Å²) < 4.78 is 18.4. The molecule has 4 nitrogen and oxygen atoms in total. The number of benzene rings is 2. The molecular weight excluding hydrogens is 271 g/mol. The molecule has 0 unspecified atom stereocenters. The van der Waals surface area contributed by atoms with E-state index < -0.39 is 5.82 Å². The van der Waals surface area contributed by atoms with Gasteiger partial charge in [-0.3, -0.25) is 4.79 Å². The Morgan fingerprint density at radius 2 is 1.95 bits per heavy atom. The van der Waals surface area contributed by atoms with Crippen LogP contribution in [0.3, 0.4) is 0 Å². The normalized spacial score (nSPS) is 10.2. The van der Waals surface area contributed by atoms with Crippen LogP contribution in [0, 0.1) is 12.7 Å². The number of nitrogens with one attached hydrogen (secondary N) is 1. The van der Waals surface area contributed by atoms with Crippen molar-refractivity contribution >= 4 is 11.6 Å². The molecular formula is C16H17FN2O2. The number of nitrogens with two attached hydrogens (primary N) is 1. The Balaban J connectivity index is 1.91. The van der Waals surface area contributed by atoms with Crippen molar-refractivity contribution in [2.75, 3.05) is 11.9 Å². The number of aryl methyl sites for hydroxylation is 1. The van der Waals surface area contributed by atoms with Crippen LogP contribution in [0.15, 0.2) is 42.5 Å². The first-order chi connectivity index (χ1) is 10.1. The lowest BCUT2D eigenvalue weighted by molar-refractivity contribution is -0.118. The zero-order valence-electron chi connectivity index (χ0n) is 11.7. The molecule has 1 amide bonds. The van der Waals surface area contributed by atoms with E-state index in [1.807, 2.05) is 12.1 Å². The second kappa shape index (κ2) is 6.85. The van der Waals surface area contributed by atoms with Crippen LogP contribution in [0.2, 0.25) is 0 Å². The summed E-state index contributed by atoms with van der Waals surface area (Å²) >= 11 is 0. The Bertz CT molecular complexity index is 627. The monoisotopic (exact) mass is 288 g/mol. The second-order valence-electron chi connectivity index (χ2n) is 4.65. The summed E-state index contributed by atoms with van der Waals surface area (Å²) in [4.78, 5) is 11.8. The predicted molar refractivity (Wildman–Crippen MR) is 79.6 cm³/mol. The molecule has 0 saturated heterocycles. The van der Waals surface area contributed by atoms with Crippen molar-refractivity contribution in [3.63, 3.8) is 0 Å². The van der Waals surface area contributed by atoms with E-state index in [9.17, 15) is 9.18 Å². The lowest BCUT2D eigenvalue weighted by Crippen LogP contribution is -2.20. The van der Waals surface area contributed by atoms with Crippen LogP contribution < -0.4 is 15.8 Å². The van der Waals surface area contributed by atoms with Gasteiger partial charge in [0.15, 0.2) is 6.61 Å². The zero-order chi connectivity index (χ0) is 15.2. The summed E-state index contributed by atoms with van der Waals surface area (Å²) in [6.07, 6.45) is 0. The van der Waals surface area contributed by atoms with Crippen LogP contribution in [0.25, 0.3) is 0 Å². The Hall–Kier alpha value is -2.40. The van der Waals surface area contributed by atoms with Gasteiger partial charge in [-0.2, -0.15) is 0 Å². The highest BCUT2D eigenvalue weighted by atomic mass is 19.1. The fourth-order valence-electron chi connectivity index (χ4n) is 1.79. The highest BCUT2D eigenvalue weighted by molar-refractivity contribution is 5.91. The van der Waals surface area contributed by atoms with E-state index in [1.54, 1.807) is 25.1 Å². The maximum atomic E-state index is 13.1. The van der Waals surface area contributed by atoms with Crippen molar-refractivity contribution in [1.82, 2.24) is 0 Å². The molecule has 0 atom stereocenters. The van der Waals surface area contributed by atoms with E-state index in [0.29, 0.717) is 18.0 Å². The number of hydrogen-bond donors (Lipinski definition) is 2. The van der Waals surface area contributed by atoms with Crippen molar-refractivity contribution in [2.24, 2.45) is 5.73 Å². The summed E-state index contributed by atoms with van der Waals surface area (Å²) in [5.41, 5.74) is 7.93. The van der Waals surface area contributed by atoms with Gasteiger partial charge in [-0.05, 0) is 36.2 Å². The first-order valence-electron chi connectivity index (χ1n) is 6.56. The van der Waals surface area contributed by atoms with Gasteiger partial charge in [-0.1, -0.05) is 18.2 Å². The SMILES string of the molecule is Cc1ccc(F)cc1OCC(=O)Nc1ccc(CN)cc1. The number of anilines is 1. The van der Waals surface area contributed by atoms with Crippen LogP contribution >= 0.6 is 0 Å². The van der Waals surface area contributed by atoms with Gasteiger partial charge in [0, 0.05) is 18.3 Å². The van der Waals surface area contributed by atoms with Gasteiger partial charge >= 0.3 is 0 Å². The quantitative estimate of drug-likeness (QED) is 0.889. The first kappa shape index (κ1) is 15.0. The molecule has 0 aliphatic rings. The minimum atomic E-state index is -0.395. The fraction of sp³-hybridized carbons (Fsp3) is 0.188. The Labute approximate surface area is 122 Å². The Morgan fingerprint density at radius 1 is 1.24 bits per heavy atom. The number of rotatable bonds is 5. The summed E-state index contributed by atoms with van der Waals surface area (Å²) in [6, 6.07) is 11.4. The van der Waals surface area contributed by atoms with Crippen LogP contribution in [0.5, 0.6) is 5.75 Å². The van der Waals surface area contributed by atoms with Gasteiger partial charge in [-0.15, -0.1) is 0 Å². The molecule has 5 heteroatoms. The van der Waals surface area contributed by atoms with Gasteiger partial charge in [-0.25, -0.2) is 4.39 Å². The first-order valence-corrected chi connectivity index (χ1v) is 6.56. The maximum Gasteiger partial charge on any atom is 0.262 e. The van der Waals surface area contributed by atoms with Gasteiger partial charge in [0.25, 0.3) is 5.91 Å². The zero-order valence-corrected chi connectivity index (χ0v) is 11.7. The lowest BCUT2D eigenvalue weighted by Gasteiger charge is -2.10. The number of ether oxygens (including phenoxy) is 1. The minimum absolute atomic E-state index is 0.178. The van der Waals surface area contributed by atoms with Crippen LogP contribution in [-0.2, 0) is 11.3 Å². The molecule has 0 radical (unpaired) electrons. The van der Waals surface area contributed by atoms with E-state index in [2.05, 4.69) is 5.32 Å². The van der Waals surface area contributed by atoms with Crippen molar-refractivity contribution in [1.29, 1.82) is 0 Å². The number of carbonyl (C=O) groups excluding carboxylic acids is 1. The molecule has 21 heavy (non-hydrogen) atoms. The molecule has 0 spiro atoms. The largest absolute Gasteiger partial charge is 0.483 e. The Morgan fingerprint density at radius 3 is 2.62 bits per heavy atom. The molecule has 0 heterocycles. The second-order valence-corrected chi connectivity index (χ2v) is 4.65. The van der Waals surface area contributed by atoms with Gasteiger partial charge in [0.2, 0.25) is 0 Å². The molecule has 0 aliphatic heterocycles. The number of halogens is 1. The molecule has 0 fully saturated rings. The summed E-state index contributed by atoms with van der Waals surface area (Å²) in [5, 5.41) is 2.70. The summed E-state index contributed by atoms with van der Waals surface area (Å²) in [7, 11) is 0. The Kier molecular flexibility index (Phi) is 4.90. The molecule has 2 aromatic carbocycles. The average molecular weight is 288 g/mol. The standard InChI is InChI=1S/C16H17FN2O2/c1-11-2-5-13(17)8-15(11)21-10-16(20)19-14-6-3-12(9-18)4-7-14/h2-8H,9-10,18H2,1H3,(H,19,20). The summed E-state index contributed by atoms with van der Waals surface area (Å²) in [6.45, 7) is 2.07. The van der Waals surface area contributed by atoms with Crippen molar-refractivity contribution in [3.8, 4) is 5.75 Å². The van der Waals surface area contributed by atoms with Gasteiger partial charge in [0.05, 0.1) is 0 Å². The van der Waals surface area contributed by atoms with E-state index in [-0.39, 0.29) is 12.5 Å². The van der Waals surface area contributed by atoms with Crippen molar-refractivity contribution in [3.05, 3.63) is 59.4 Å². The van der Waals surface area contributed by atoms with Gasteiger partial charge < -0.3 is 15.8 Å². The maximum absolute atomic E-state index is 13.1.